The molecule has 0 spiro atoms. The van der Waals surface area contributed by atoms with E-state index >= 15 is 0 Å². The number of nitrogens with one attached hydrogen (secondary N) is 1. The Labute approximate surface area is 116 Å². The van der Waals surface area contributed by atoms with E-state index in [1.54, 1.807) is 0 Å². The Morgan fingerprint density at radius 3 is 2.63 bits per heavy atom. The number of rotatable bonds is 4. The molecule has 2 rings (SSSR count). The molecule has 2 saturated heterocycles. The molecule has 19 heavy (non-hydrogen) atoms. The van der Waals surface area contributed by atoms with E-state index in [0.29, 0.717) is 24.8 Å². The molecule has 0 radical (unpaired) electrons. The largest absolute Gasteiger partial charge is 0.373 e. The maximum Gasteiger partial charge on any atom is 0.236 e. The second kappa shape index (κ2) is 6.68. The molecule has 110 valence electrons. The van der Waals surface area contributed by atoms with Crippen LogP contribution in [-0.2, 0) is 9.53 Å². The first kappa shape index (κ1) is 14.8. The zero-order valence-electron chi connectivity index (χ0n) is 12.4. The third-order valence-electron chi connectivity index (χ3n) is 3.99. The fraction of sp³-hybridized carbons (Fsp3) is 0.929. The topological polar surface area (TPSA) is 44.8 Å². The summed E-state index contributed by atoms with van der Waals surface area (Å²) in [7, 11) is 1.83. The standard InChI is InChI=1S/C14H27N3O2/c1-11-8-16(9-12(2)19-11)10-13-5-4-6-17(13)14(18)7-15-3/h11-13,15H,4-10H2,1-3H3. The van der Waals surface area contributed by atoms with Crippen LogP contribution in [0.1, 0.15) is 26.7 Å². The van der Waals surface area contributed by atoms with Crippen LogP contribution in [0.15, 0.2) is 0 Å². The molecule has 1 amide bonds. The highest BCUT2D eigenvalue weighted by Gasteiger charge is 2.31. The maximum absolute atomic E-state index is 12.0. The van der Waals surface area contributed by atoms with Gasteiger partial charge in [-0.05, 0) is 33.7 Å². The normalized spacial score (nSPS) is 32.8. The van der Waals surface area contributed by atoms with Crippen molar-refractivity contribution in [3.63, 3.8) is 0 Å². The number of amides is 1. The molecule has 0 aromatic rings. The average molecular weight is 269 g/mol. The van der Waals surface area contributed by atoms with Gasteiger partial charge in [-0.15, -0.1) is 0 Å². The number of hydrogen-bond donors (Lipinski definition) is 1. The molecule has 2 fully saturated rings. The molecule has 3 atom stereocenters. The summed E-state index contributed by atoms with van der Waals surface area (Å²) in [6, 6.07) is 0.387. The molecule has 0 saturated carbocycles. The Morgan fingerprint density at radius 2 is 2.00 bits per heavy atom. The van der Waals surface area contributed by atoms with E-state index in [0.717, 1.165) is 39.0 Å². The van der Waals surface area contributed by atoms with Gasteiger partial charge in [0.25, 0.3) is 0 Å². The highest BCUT2D eigenvalue weighted by molar-refractivity contribution is 5.78. The molecular formula is C14H27N3O2. The van der Waals surface area contributed by atoms with Gasteiger partial charge in [0.2, 0.25) is 5.91 Å². The van der Waals surface area contributed by atoms with Crippen molar-refractivity contribution >= 4 is 5.91 Å². The molecular weight excluding hydrogens is 242 g/mol. The van der Waals surface area contributed by atoms with Crippen molar-refractivity contribution in [1.82, 2.24) is 15.1 Å². The number of nitrogens with zero attached hydrogens (tertiary/aromatic N) is 2. The van der Waals surface area contributed by atoms with E-state index in [-0.39, 0.29) is 5.91 Å². The second-order valence-electron chi connectivity index (χ2n) is 5.89. The van der Waals surface area contributed by atoms with Crippen LogP contribution in [0, 0.1) is 0 Å². The van der Waals surface area contributed by atoms with Gasteiger partial charge < -0.3 is 15.0 Å². The van der Waals surface area contributed by atoms with Gasteiger partial charge in [-0.25, -0.2) is 0 Å². The molecule has 2 aliphatic heterocycles. The highest BCUT2D eigenvalue weighted by atomic mass is 16.5. The number of ether oxygens (including phenoxy) is 1. The van der Waals surface area contributed by atoms with Gasteiger partial charge in [0, 0.05) is 32.2 Å². The lowest BCUT2D eigenvalue weighted by Crippen LogP contribution is -2.51. The van der Waals surface area contributed by atoms with E-state index < -0.39 is 0 Å². The third-order valence-corrected chi connectivity index (χ3v) is 3.99. The molecule has 5 heteroatoms. The summed E-state index contributed by atoms with van der Waals surface area (Å²) in [6.45, 7) is 8.58. The zero-order chi connectivity index (χ0) is 13.8. The molecule has 5 nitrogen and oxygen atoms in total. The summed E-state index contributed by atoms with van der Waals surface area (Å²) < 4.78 is 5.76. The smallest absolute Gasteiger partial charge is 0.236 e. The van der Waals surface area contributed by atoms with Gasteiger partial charge >= 0.3 is 0 Å². The van der Waals surface area contributed by atoms with Crippen molar-refractivity contribution in [3.05, 3.63) is 0 Å². The van der Waals surface area contributed by atoms with Crippen LogP contribution in [0.5, 0.6) is 0 Å². The lowest BCUT2D eigenvalue weighted by atomic mass is 10.1. The van der Waals surface area contributed by atoms with Crippen molar-refractivity contribution < 1.29 is 9.53 Å². The second-order valence-corrected chi connectivity index (χ2v) is 5.89. The van der Waals surface area contributed by atoms with E-state index in [1.807, 2.05) is 7.05 Å². The lowest BCUT2D eigenvalue weighted by molar-refractivity contribution is -0.131. The Kier molecular flexibility index (Phi) is 5.19. The van der Waals surface area contributed by atoms with Crippen molar-refractivity contribution in [2.45, 2.75) is 44.9 Å². The van der Waals surface area contributed by atoms with E-state index in [1.165, 1.54) is 0 Å². The molecule has 3 unspecified atom stereocenters. The van der Waals surface area contributed by atoms with Crippen LogP contribution < -0.4 is 5.32 Å². The van der Waals surface area contributed by atoms with Gasteiger partial charge in [0.05, 0.1) is 18.8 Å². The molecule has 0 aromatic carbocycles. The summed E-state index contributed by atoms with van der Waals surface area (Å²) in [4.78, 5) is 16.6. The van der Waals surface area contributed by atoms with Crippen LogP contribution >= 0.6 is 0 Å². The Morgan fingerprint density at radius 1 is 1.32 bits per heavy atom. The number of carbonyl (C=O) groups is 1. The Balaban J connectivity index is 1.88. The number of likely N-dealkylation sites (tertiary alicyclic amines) is 1. The van der Waals surface area contributed by atoms with Crippen LogP contribution in [0.25, 0.3) is 0 Å². The average Bonchev–Trinajstić information content (AvgIpc) is 2.76. The van der Waals surface area contributed by atoms with Gasteiger partial charge in [-0.2, -0.15) is 0 Å². The van der Waals surface area contributed by atoms with E-state index in [2.05, 4.69) is 29.0 Å². The molecule has 2 aliphatic rings. The highest BCUT2D eigenvalue weighted by Crippen LogP contribution is 2.20. The van der Waals surface area contributed by atoms with Crippen molar-refractivity contribution in [1.29, 1.82) is 0 Å². The summed E-state index contributed by atoms with van der Waals surface area (Å²) in [5.74, 6) is 0.236. The summed E-state index contributed by atoms with van der Waals surface area (Å²) >= 11 is 0. The monoisotopic (exact) mass is 269 g/mol. The number of likely N-dealkylation sites (N-methyl/N-ethyl adjacent to an activating group) is 1. The van der Waals surface area contributed by atoms with Gasteiger partial charge in [-0.3, -0.25) is 9.69 Å². The molecule has 0 aliphatic carbocycles. The number of morpholine rings is 1. The first-order chi connectivity index (χ1) is 9.10. The van der Waals surface area contributed by atoms with Crippen molar-refractivity contribution in [2.75, 3.05) is 39.8 Å². The Bertz CT molecular complexity index is 301. The summed E-state index contributed by atoms with van der Waals surface area (Å²) in [5, 5.41) is 2.96. The SMILES string of the molecule is CNCC(=O)N1CCCC1CN1CC(C)OC(C)C1. The molecule has 0 aromatic heterocycles. The minimum atomic E-state index is 0.236. The van der Waals surface area contributed by atoms with E-state index in [9.17, 15) is 4.79 Å². The molecule has 1 N–H and O–H groups in total. The van der Waals surface area contributed by atoms with Crippen molar-refractivity contribution in [2.24, 2.45) is 0 Å². The van der Waals surface area contributed by atoms with Crippen molar-refractivity contribution in [3.8, 4) is 0 Å². The third kappa shape index (κ3) is 3.91. The van der Waals surface area contributed by atoms with Crippen LogP contribution in [-0.4, -0.2) is 73.7 Å². The molecule has 2 heterocycles. The first-order valence-electron chi connectivity index (χ1n) is 7.42. The number of hydrogen-bond acceptors (Lipinski definition) is 4. The summed E-state index contributed by atoms with van der Waals surface area (Å²) in [6.07, 6.45) is 2.86. The van der Waals surface area contributed by atoms with Gasteiger partial charge in [0.15, 0.2) is 0 Å². The first-order valence-corrected chi connectivity index (χ1v) is 7.42. The van der Waals surface area contributed by atoms with Crippen LogP contribution in [0.4, 0.5) is 0 Å². The lowest BCUT2D eigenvalue weighted by Gasteiger charge is -2.38. The molecule has 0 bridgehead atoms. The fourth-order valence-electron chi connectivity index (χ4n) is 3.34. The minimum absolute atomic E-state index is 0.236. The van der Waals surface area contributed by atoms with E-state index in [4.69, 9.17) is 4.74 Å². The van der Waals surface area contributed by atoms with Gasteiger partial charge in [0.1, 0.15) is 0 Å². The zero-order valence-corrected chi connectivity index (χ0v) is 12.4. The quantitative estimate of drug-likeness (QED) is 0.797. The maximum atomic E-state index is 12.0. The predicted molar refractivity (Wildman–Crippen MR) is 75.1 cm³/mol. The number of carbonyl (C=O) groups excluding carboxylic acids is 1. The predicted octanol–water partition coefficient (Wildman–Crippen LogP) is 0.306. The fourth-order valence-corrected chi connectivity index (χ4v) is 3.34. The van der Waals surface area contributed by atoms with Crippen LogP contribution in [0.2, 0.25) is 0 Å². The Hall–Kier alpha value is -0.650. The van der Waals surface area contributed by atoms with Gasteiger partial charge in [-0.1, -0.05) is 0 Å². The summed E-state index contributed by atoms with van der Waals surface area (Å²) in [5.41, 5.74) is 0. The van der Waals surface area contributed by atoms with Crippen LogP contribution in [0.3, 0.4) is 0 Å². The minimum Gasteiger partial charge on any atom is -0.373 e.